The number of aliphatic hydroxyl groups excluding tert-OH is 1. The Morgan fingerprint density at radius 3 is 2.58 bits per heavy atom. The van der Waals surface area contributed by atoms with Crippen LogP contribution in [0.1, 0.15) is 27.2 Å². The van der Waals surface area contributed by atoms with E-state index in [0.717, 1.165) is 0 Å². The normalized spacial score (nSPS) is 35.2. The van der Waals surface area contributed by atoms with Crippen molar-refractivity contribution in [2.24, 2.45) is 0 Å². The predicted molar refractivity (Wildman–Crippen MR) is 46.0 cm³/mol. The highest BCUT2D eigenvalue weighted by Crippen LogP contribution is 2.27. The molecule has 0 bridgehead atoms. The molecule has 0 aromatic rings. The van der Waals surface area contributed by atoms with Crippen LogP contribution in [0.15, 0.2) is 0 Å². The molecule has 1 rings (SSSR count). The maximum absolute atomic E-state index is 9.32. The Hall–Kier alpha value is -0.120. The predicted octanol–water partition coefficient (Wildman–Crippen LogP) is 0.950. The second-order valence-electron chi connectivity index (χ2n) is 3.45. The largest absolute Gasteiger partial charge is 0.390 e. The monoisotopic (exact) mass is 174 g/mol. The number of ether oxygens (including phenoxy) is 2. The van der Waals surface area contributed by atoms with Gasteiger partial charge in [-0.15, -0.1) is 0 Å². The van der Waals surface area contributed by atoms with E-state index in [1.807, 2.05) is 20.8 Å². The Bertz CT molecular complexity index is 136. The fourth-order valence-electron chi connectivity index (χ4n) is 1.45. The summed E-state index contributed by atoms with van der Waals surface area (Å²) >= 11 is 0. The van der Waals surface area contributed by atoms with E-state index in [1.54, 1.807) is 0 Å². The average Bonchev–Trinajstić information content (AvgIpc) is 1.99. The van der Waals surface area contributed by atoms with Crippen LogP contribution in [0.25, 0.3) is 0 Å². The van der Waals surface area contributed by atoms with Crippen LogP contribution in [-0.2, 0) is 9.47 Å². The number of rotatable bonds is 4. The molecule has 3 nitrogen and oxygen atoms in total. The van der Waals surface area contributed by atoms with E-state index in [9.17, 15) is 5.11 Å². The van der Waals surface area contributed by atoms with Crippen LogP contribution in [0.3, 0.4) is 0 Å². The zero-order valence-electron chi connectivity index (χ0n) is 7.99. The highest BCUT2D eigenvalue weighted by Gasteiger charge is 2.41. The minimum absolute atomic E-state index is 0.0972. The molecule has 12 heavy (non-hydrogen) atoms. The van der Waals surface area contributed by atoms with Gasteiger partial charge in [0, 0.05) is 13.0 Å². The molecule has 1 N–H and O–H groups in total. The third-order valence-corrected chi connectivity index (χ3v) is 2.03. The third kappa shape index (κ3) is 2.19. The molecule has 0 heterocycles. The van der Waals surface area contributed by atoms with Crippen LogP contribution < -0.4 is 0 Å². The zero-order chi connectivity index (χ0) is 9.14. The molecule has 1 aliphatic carbocycles. The van der Waals surface area contributed by atoms with Crippen LogP contribution in [0.5, 0.6) is 0 Å². The van der Waals surface area contributed by atoms with E-state index < -0.39 is 0 Å². The molecule has 1 saturated carbocycles. The van der Waals surface area contributed by atoms with E-state index >= 15 is 0 Å². The maximum atomic E-state index is 9.32. The quantitative estimate of drug-likeness (QED) is 0.689. The molecule has 0 aliphatic heterocycles. The van der Waals surface area contributed by atoms with Crippen LogP contribution in [0.4, 0.5) is 0 Å². The first-order chi connectivity index (χ1) is 5.65. The lowest BCUT2D eigenvalue weighted by atomic mass is 9.88. The highest BCUT2D eigenvalue weighted by atomic mass is 16.6. The van der Waals surface area contributed by atoms with Crippen molar-refractivity contribution in [1.29, 1.82) is 0 Å². The van der Waals surface area contributed by atoms with Crippen molar-refractivity contribution in [3.8, 4) is 0 Å². The van der Waals surface area contributed by atoms with Crippen LogP contribution >= 0.6 is 0 Å². The molecule has 0 spiro atoms. The molecule has 3 heteroatoms. The van der Waals surface area contributed by atoms with Gasteiger partial charge in [0.25, 0.3) is 0 Å². The van der Waals surface area contributed by atoms with Crippen LogP contribution in [0, 0.1) is 0 Å². The summed E-state index contributed by atoms with van der Waals surface area (Å²) < 4.78 is 10.9. The van der Waals surface area contributed by atoms with Crippen molar-refractivity contribution in [2.75, 3.05) is 6.61 Å². The Kier molecular flexibility index (Phi) is 3.50. The van der Waals surface area contributed by atoms with Crippen molar-refractivity contribution < 1.29 is 14.6 Å². The molecule has 0 aromatic heterocycles. The van der Waals surface area contributed by atoms with E-state index in [1.165, 1.54) is 0 Å². The Balaban J connectivity index is 2.27. The molecule has 1 fully saturated rings. The lowest BCUT2D eigenvalue weighted by Crippen LogP contribution is -2.54. The number of aliphatic hydroxyl groups is 1. The summed E-state index contributed by atoms with van der Waals surface area (Å²) in [5.41, 5.74) is 0. The molecule has 0 amide bonds. The Morgan fingerprint density at radius 1 is 1.50 bits per heavy atom. The molecule has 1 aliphatic rings. The average molecular weight is 174 g/mol. The van der Waals surface area contributed by atoms with E-state index in [-0.39, 0.29) is 24.4 Å². The zero-order valence-corrected chi connectivity index (χ0v) is 7.99. The standard InChI is InChI=1S/C9H18O3/c1-4-11-9-7(10)5-8(9)12-6(2)3/h6-10H,4-5H2,1-3H3. The summed E-state index contributed by atoms with van der Waals surface area (Å²) in [6.07, 6.45) is 0.597. The van der Waals surface area contributed by atoms with Gasteiger partial charge in [0.05, 0.1) is 18.3 Å². The van der Waals surface area contributed by atoms with Gasteiger partial charge in [-0.25, -0.2) is 0 Å². The van der Waals surface area contributed by atoms with Crippen LogP contribution in [-0.4, -0.2) is 36.1 Å². The van der Waals surface area contributed by atoms with E-state index in [0.29, 0.717) is 13.0 Å². The molecular formula is C9H18O3. The van der Waals surface area contributed by atoms with Gasteiger partial charge < -0.3 is 14.6 Å². The SMILES string of the molecule is CCOC1C(O)CC1OC(C)C. The van der Waals surface area contributed by atoms with Gasteiger partial charge in [-0.2, -0.15) is 0 Å². The second-order valence-corrected chi connectivity index (χ2v) is 3.45. The maximum Gasteiger partial charge on any atom is 0.110 e. The van der Waals surface area contributed by atoms with Gasteiger partial charge in [0.1, 0.15) is 6.10 Å². The summed E-state index contributed by atoms with van der Waals surface area (Å²) in [6, 6.07) is 0. The van der Waals surface area contributed by atoms with Crippen LogP contribution in [0.2, 0.25) is 0 Å². The van der Waals surface area contributed by atoms with Gasteiger partial charge in [0.15, 0.2) is 0 Å². The second kappa shape index (κ2) is 4.21. The summed E-state index contributed by atoms with van der Waals surface area (Å²) in [6.45, 7) is 6.55. The minimum atomic E-state index is -0.325. The number of hydrogen-bond donors (Lipinski definition) is 1. The fourth-order valence-corrected chi connectivity index (χ4v) is 1.45. The van der Waals surface area contributed by atoms with Gasteiger partial charge in [-0.3, -0.25) is 0 Å². The van der Waals surface area contributed by atoms with Crippen molar-refractivity contribution in [3.05, 3.63) is 0 Å². The molecule has 0 aromatic carbocycles. The highest BCUT2D eigenvalue weighted by molar-refractivity contribution is 4.92. The lowest BCUT2D eigenvalue weighted by Gasteiger charge is -2.41. The van der Waals surface area contributed by atoms with E-state index in [4.69, 9.17) is 9.47 Å². The third-order valence-electron chi connectivity index (χ3n) is 2.03. The van der Waals surface area contributed by atoms with Gasteiger partial charge >= 0.3 is 0 Å². The topological polar surface area (TPSA) is 38.7 Å². The summed E-state index contributed by atoms with van der Waals surface area (Å²) in [7, 11) is 0. The molecule has 3 atom stereocenters. The van der Waals surface area contributed by atoms with Crippen molar-refractivity contribution in [3.63, 3.8) is 0 Å². The molecule has 3 unspecified atom stereocenters. The van der Waals surface area contributed by atoms with E-state index in [2.05, 4.69) is 0 Å². The molecule has 0 radical (unpaired) electrons. The first-order valence-corrected chi connectivity index (χ1v) is 4.60. The summed E-state index contributed by atoms with van der Waals surface area (Å²) in [5.74, 6) is 0. The van der Waals surface area contributed by atoms with Gasteiger partial charge in [-0.1, -0.05) is 0 Å². The van der Waals surface area contributed by atoms with Crippen molar-refractivity contribution >= 4 is 0 Å². The summed E-state index contributed by atoms with van der Waals surface area (Å²) in [4.78, 5) is 0. The minimum Gasteiger partial charge on any atom is -0.390 e. The molecule has 0 saturated heterocycles. The van der Waals surface area contributed by atoms with Gasteiger partial charge in [0.2, 0.25) is 0 Å². The smallest absolute Gasteiger partial charge is 0.110 e. The number of hydrogen-bond acceptors (Lipinski definition) is 3. The van der Waals surface area contributed by atoms with Crippen molar-refractivity contribution in [2.45, 2.75) is 51.6 Å². The Morgan fingerprint density at radius 2 is 2.17 bits per heavy atom. The lowest BCUT2D eigenvalue weighted by molar-refractivity contribution is -0.201. The van der Waals surface area contributed by atoms with Gasteiger partial charge in [-0.05, 0) is 20.8 Å². The van der Waals surface area contributed by atoms with Crippen molar-refractivity contribution in [1.82, 2.24) is 0 Å². The Labute approximate surface area is 73.7 Å². The summed E-state index contributed by atoms with van der Waals surface area (Å²) in [5, 5.41) is 9.32. The first-order valence-electron chi connectivity index (χ1n) is 4.60. The fraction of sp³-hybridized carbons (Fsp3) is 1.00. The molecule has 72 valence electrons. The first kappa shape index (κ1) is 9.96. The molecular weight excluding hydrogens is 156 g/mol.